The molecule has 34 heavy (non-hydrogen) atoms. The maximum absolute atomic E-state index is 16.0. The maximum Gasteiger partial charge on any atom is 0.318 e. The summed E-state index contributed by atoms with van der Waals surface area (Å²) < 4.78 is 35.8. The predicted molar refractivity (Wildman–Crippen MR) is 129 cm³/mol. The van der Waals surface area contributed by atoms with Crippen LogP contribution < -0.4 is 15.0 Å². The van der Waals surface area contributed by atoms with Crippen LogP contribution in [-0.2, 0) is 0 Å². The van der Waals surface area contributed by atoms with Crippen LogP contribution >= 0.6 is 0 Å². The van der Waals surface area contributed by atoms with Gasteiger partial charge in [0.25, 0.3) is 0 Å². The van der Waals surface area contributed by atoms with Crippen LogP contribution in [0.15, 0.2) is 36.5 Å². The minimum absolute atomic E-state index is 0.0328. The summed E-state index contributed by atoms with van der Waals surface area (Å²) in [5.41, 5.74) is 0.571. The Kier molecular flexibility index (Phi) is 5.50. The normalized spacial score (nSPS) is 17.8. The molecule has 0 aliphatic carbocycles. The van der Waals surface area contributed by atoms with Gasteiger partial charge in [-0.15, -0.1) is 6.42 Å². The lowest BCUT2D eigenvalue weighted by Crippen LogP contribution is -2.40. The summed E-state index contributed by atoms with van der Waals surface area (Å²) in [6.07, 6.45) is 8.08. The molecule has 1 aliphatic rings. The molecule has 0 radical (unpaired) electrons. The van der Waals surface area contributed by atoms with Crippen LogP contribution in [0.3, 0.4) is 0 Å². The molecule has 4 aromatic rings. The van der Waals surface area contributed by atoms with Crippen molar-refractivity contribution in [3.8, 4) is 29.6 Å². The van der Waals surface area contributed by atoms with Gasteiger partial charge in [0.05, 0.1) is 18.1 Å². The quantitative estimate of drug-likeness (QED) is 0.459. The molecular weight excluding hydrogens is 436 g/mol. The Bertz CT molecular complexity index is 1470. The molecule has 3 heterocycles. The van der Waals surface area contributed by atoms with Crippen molar-refractivity contribution in [2.45, 2.75) is 25.4 Å². The van der Waals surface area contributed by atoms with E-state index in [0.29, 0.717) is 27.5 Å². The lowest BCUT2D eigenvalue weighted by atomic mass is 9.96. The summed E-state index contributed by atoms with van der Waals surface area (Å²) in [4.78, 5) is 15.3. The molecule has 172 valence electrons. The Balaban J connectivity index is 1.76. The van der Waals surface area contributed by atoms with Gasteiger partial charge in [-0.1, -0.05) is 30.2 Å². The minimum Gasteiger partial charge on any atom is -0.467 e. The van der Waals surface area contributed by atoms with Crippen LogP contribution in [0, 0.1) is 24.0 Å². The smallest absolute Gasteiger partial charge is 0.318 e. The van der Waals surface area contributed by atoms with E-state index in [9.17, 15) is 4.39 Å². The second kappa shape index (κ2) is 8.50. The van der Waals surface area contributed by atoms with Crippen LogP contribution in [0.4, 0.5) is 14.6 Å². The molecule has 5 rings (SSSR count). The molecule has 0 spiro atoms. The molecule has 1 aliphatic heterocycles. The molecule has 2 aromatic carbocycles. The molecule has 1 fully saturated rings. The first kappa shape index (κ1) is 22.0. The fraction of sp³-hybridized carbons (Fsp3) is 0.269. The third kappa shape index (κ3) is 3.40. The molecule has 0 saturated carbocycles. The van der Waals surface area contributed by atoms with E-state index in [0.717, 1.165) is 13.0 Å². The summed E-state index contributed by atoms with van der Waals surface area (Å²) in [6.45, 7) is 3.00. The Morgan fingerprint density at radius 2 is 2.03 bits per heavy atom. The van der Waals surface area contributed by atoms with Gasteiger partial charge in [-0.05, 0) is 31.3 Å². The molecule has 2 aromatic heterocycles. The van der Waals surface area contributed by atoms with Gasteiger partial charge in [0.2, 0.25) is 0 Å². The van der Waals surface area contributed by atoms with Gasteiger partial charge >= 0.3 is 6.01 Å². The number of ether oxygens (including phenoxy) is 1. The monoisotopic (exact) mass is 459 g/mol. The minimum atomic E-state index is -0.648. The highest BCUT2D eigenvalue weighted by Crippen LogP contribution is 2.37. The van der Waals surface area contributed by atoms with Crippen LogP contribution in [0.2, 0.25) is 0 Å². The number of likely N-dealkylation sites (N-methyl/N-ethyl adjacent to an activating group) is 1. The van der Waals surface area contributed by atoms with Crippen molar-refractivity contribution < 1.29 is 13.5 Å². The Morgan fingerprint density at radius 1 is 1.21 bits per heavy atom. The zero-order chi connectivity index (χ0) is 24.0. The second-order valence-electron chi connectivity index (χ2n) is 8.40. The molecule has 1 saturated heterocycles. The number of methoxy groups -OCH3 is 1. The van der Waals surface area contributed by atoms with Crippen molar-refractivity contribution in [1.82, 2.24) is 20.3 Å². The van der Waals surface area contributed by atoms with Gasteiger partial charge in [-0.3, -0.25) is 4.98 Å². The van der Waals surface area contributed by atoms with Gasteiger partial charge < -0.3 is 15.0 Å². The number of fused-ring (bicyclic) bond motifs is 2. The number of halogens is 2. The second-order valence-corrected chi connectivity index (χ2v) is 8.40. The third-order valence-electron chi connectivity index (χ3n) is 6.54. The van der Waals surface area contributed by atoms with Crippen LogP contribution in [-0.4, -0.2) is 47.7 Å². The van der Waals surface area contributed by atoms with Crippen LogP contribution in [0.1, 0.15) is 18.9 Å². The number of nitrogens with zero attached hydrogens (tertiary/aromatic N) is 4. The summed E-state index contributed by atoms with van der Waals surface area (Å²) in [5.74, 6) is 1.74. The molecule has 2 atom stereocenters. The molecule has 1 N–H and O–H groups in total. The molecule has 2 unspecified atom stereocenters. The van der Waals surface area contributed by atoms with E-state index in [2.05, 4.69) is 33.1 Å². The highest BCUT2D eigenvalue weighted by molar-refractivity contribution is 6.02. The number of terminal acetylenes is 1. The first-order valence-electron chi connectivity index (χ1n) is 11.0. The van der Waals surface area contributed by atoms with E-state index in [1.54, 1.807) is 30.5 Å². The first-order chi connectivity index (χ1) is 16.4. The van der Waals surface area contributed by atoms with E-state index in [-0.39, 0.29) is 34.9 Å². The topological polar surface area (TPSA) is 63.2 Å². The number of rotatable bonds is 4. The summed E-state index contributed by atoms with van der Waals surface area (Å²) in [6, 6.07) is 8.63. The van der Waals surface area contributed by atoms with Crippen molar-refractivity contribution in [2.24, 2.45) is 0 Å². The van der Waals surface area contributed by atoms with Gasteiger partial charge in [-0.2, -0.15) is 9.97 Å². The fourth-order valence-electron chi connectivity index (χ4n) is 4.79. The number of benzene rings is 2. The molecular formula is C26H23F2N5O. The van der Waals surface area contributed by atoms with Gasteiger partial charge in [0.1, 0.15) is 22.8 Å². The lowest BCUT2D eigenvalue weighted by Gasteiger charge is -2.29. The van der Waals surface area contributed by atoms with E-state index >= 15 is 4.39 Å². The number of hydrogen-bond donors (Lipinski definition) is 1. The van der Waals surface area contributed by atoms with Gasteiger partial charge in [0, 0.05) is 36.3 Å². The first-order valence-corrected chi connectivity index (χ1v) is 11.0. The molecule has 6 nitrogen and oxygen atoms in total. The van der Waals surface area contributed by atoms with E-state index in [4.69, 9.17) is 11.2 Å². The molecule has 0 bridgehead atoms. The highest BCUT2D eigenvalue weighted by Gasteiger charge is 2.30. The maximum atomic E-state index is 16.0. The number of pyridine rings is 1. The molecule has 0 amide bonds. The number of hydrogen-bond acceptors (Lipinski definition) is 6. The predicted octanol–water partition coefficient (Wildman–Crippen LogP) is 4.30. The van der Waals surface area contributed by atoms with Crippen molar-refractivity contribution in [1.29, 1.82) is 0 Å². The van der Waals surface area contributed by atoms with Gasteiger partial charge in [0.15, 0.2) is 5.82 Å². The van der Waals surface area contributed by atoms with Crippen molar-refractivity contribution in [2.75, 3.05) is 25.6 Å². The Hall–Kier alpha value is -3.83. The largest absolute Gasteiger partial charge is 0.467 e. The average Bonchev–Trinajstić information content (AvgIpc) is 3.29. The van der Waals surface area contributed by atoms with E-state index < -0.39 is 11.6 Å². The average molecular weight is 460 g/mol. The van der Waals surface area contributed by atoms with Crippen molar-refractivity contribution in [3.63, 3.8) is 0 Å². The van der Waals surface area contributed by atoms with Crippen LogP contribution in [0.5, 0.6) is 6.01 Å². The van der Waals surface area contributed by atoms with E-state index in [1.165, 1.54) is 13.2 Å². The number of aromatic nitrogens is 3. The third-order valence-corrected chi connectivity index (χ3v) is 6.54. The summed E-state index contributed by atoms with van der Waals surface area (Å²) in [7, 11) is 3.37. The highest BCUT2D eigenvalue weighted by atomic mass is 19.1. The zero-order valence-corrected chi connectivity index (χ0v) is 19.1. The summed E-state index contributed by atoms with van der Waals surface area (Å²) in [5, 5.41) is 5.01. The number of nitrogens with one attached hydrogen (secondary N) is 1. The molecule has 8 heteroatoms. The Morgan fingerprint density at radius 3 is 2.74 bits per heavy atom. The number of anilines is 1. The van der Waals surface area contributed by atoms with E-state index in [1.807, 2.05) is 11.9 Å². The standard InChI is InChI=1S/C26H23F2N5O/c1-5-16-19(27)10-9-15-7-6-8-17(21(15)16)23-22(28)24-18(13-30-23)25(32-26(31-24)34-4)33(3)20-11-12-29-14(20)2/h1,6-10,13-14,20,29H,11-12H2,2-4H3. The van der Waals surface area contributed by atoms with Gasteiger partial charge in [-0.25, -0.2) is 8.78 Å². The van der Waals surface area contributed by atoms with Crippen LogP contribution in [0.25, 0.3) is 32.9 Å². The Labute approximate surface area is 196 Å². The zero-order valence-electron chi connectivity index (χ0n) is 19.1. The SMILES string of the molecule is C#Cc1c(F)ccc2cccc(-c3ncc4c(N(C)C5CCNC5C)nc(OC)nc4c3F)c12. The lowest BCUT2D eigenvalue weighted by molar-refractivity contribution is 0.381. The summed E-state index contributed by atoms with van der Waals surface area (Å²) >= 11 is 0. The van der Waals surface area contributed by atoms with Crippen molar-refractivity contribution in [3.05, 3.63) is 53.7 Å². The fourth-order valence-corrected chi connectivity index (χ4v) is 4.79. The van der Waals surface area contributed by atoms with Crippen molar-refractivity contribution >= 4 is 27.5 Å².